The van der Waals surface area contributed by atoms with Crippen molar-refractivity contribution in [3.05, 3.63) is 94.6 Å². The molecular formula is C22H17BrN4O3S. The van der Waals surface area contributed by atoms with Crippen LogP contribution < -0.4 is 10.1 Å². The molecule has 0 atom stereocenters. The highest BCUT2D eigenvalue weighted by Crippen LogP contribution is 2.19. The van der Waals surface area contributed by atoms with Crippen LogP contribution >= 0.6 is 15.9 Å². The molecule has 3 N–H and O–H groups in total. The van der Waals surface area contributed by atoms with Crippen LogP contribution in [0.5, 0.6) is 0 Å². The van der Waals surface area contributed by atoms with Gasteiger partial charge in [0.25, 0.3) is 15.9 Å². The maximum atomic E-state index is 12.5. The highest BCUT2D eigenvalue weighted by Gasteiger charge is 2.14. The number of nitrogens with zero attached hydrogens (tertiary/aromatic N) is 1. The summed E-state index contributed by atoms with van der Waals surface area (Å²) in [5.41, 5.74) is 5.01. The molecule has 31 heavy (non-hydrogen) atoms. The zero-order valence-corrected chi connectivity index (χ0v) is 18.4. The molecule has 0 aliphatic rings. The van der Waals surface area contributed by atoms with Gasteiger partial charge < -0.3 is 4.98 Å². The summed E-state index contributed by atoms with van der Waals surface area (Å²) in [6, 6.07) is 20.2. The van der Waals surface area contributed by atoms with Crippen molar-refractivity contribution >= 4 is 54.7 Å². The van der Waals surface area contributed by atoms with Crippen LogP contribution in [0, 0.1) is 0 Å². The highest BCUT2D eigenvalue weighted by molar-refractivity contribution is 9.10. The molecule has 0 aliphatic heterocycles. The number of hydrogen-bond donors (Lipinski definition) is 3. The minimum absolute atomic E-state index is 0.143. The van der Waals surface area contributed by atoms with Crippen molar-refractivity contribution in [1.29, 1.82) is 0 Å². The number of para-hydroxylation sites is 1. The van der Waals surface area contributed by atoms with E-state index in [1.54, 1.807) is 18.3 Å². The Morgan fingerprint density at radius 3 is 2.42 bits per heavy atom. The summed E-state index contributed by atoms with van der Waals surface area (Å²) in [5, 5.41) is 5.01. The molecule has 3 aromatic carbocycles. The lowest BCUT2D eigenvalue weighted by Gasteiger charge is -2.09. The van der Waals surface area contributed by atoms with E-state index in [2.05, 4.69) is 36.2 Å². The zero-order valence-electron chi connectivity index (χ0n) is 16.0. The molecule has 4 aromatic rings. The average molecular weight is 497 g/mol. The summed E-state index contributed by atoms with van der Waals surface area (Å²) in [6.07, 6.45) is 3.38. The van der Waals surface area contributed by atoms with Crippen LogP contribution in [0.2, 0.25) is 0 Å². The first-order chi connectivity index (χ1) is 14.9. The first-order valence-corrected chi connectivity index (χ1v) is 11.5. The number of fused-ring (bicyclic) bond motifs is 1. The normalized spacial score (nSPS) is 11.6. The maximum absolute atomic E-state index is 12.5. The van der Waals surface area contributed by atoms with Crippen molar-refractivity contribution in [1.82, 2.24) is 10.4 Å². The summed E-state index contributed by atoms with van der Waals surface area (Å²) >= 11 is 3.28. The van der Waals surface area contributed by atoms with Crippen LogP contribution in [-0.2, 0) is 10.0 Å². The largest absolute Gasteiger partial charge is 0.361 e. The summed E-state index contributed by atoms with van der Waals surface area (Å²) < 4.78 is 28.2. The summed E-state index contributed by atoms with van der Waals surface area (Å²) in [6.45, 7) is 0. The molecule has 0 radical (unpaired) electrons. The Labute approximate surface area is 187 Å². The van der Waals surface area contributed by atoms with E-state index >= 15 is 0 Å². The Hall–Kier alpha value is -3.43. The fourth-order valence-corrected chi connectivity index (χ4v) is 4.27. The first-order valence-electron chi connectivity index (χ1n) is 9.20. The van der Waals surface area contributed by atoms with E-state index in [0.717, 1.165) is 20.9 Å². The van der Waals surface area contributed by atoms with E-state index in [9.17, 15) is 13.2 Å². The van der Waals surface area contributed by atoms with Crippen LogP contribution in [-0.4, -0.2) is 25.5 Å². The number of amides is 1. The monoisotopic (exact) mass is 496 g/mol. The number of aromatic amines is 1. The van der Waals surface area contributed by atoms with Gasteiger partial charge in [0.15, 0.2) is 0 Å². The minimum atomic E-state index is -3.72. The van der Waals surface area contributed by atoms with Crippen LogP contribution in [0.4, 0.5) is 5.69 Å². The number of hydrogen-bond acceptors (Lipinski definition) is 4. The molecule has 0 aliphatic carbocycles. The van der Waals surface area contributed by atoms with Crippen LogP contribution in [0.25, 0.3) is 10.9 Å². The molecule has 0 bridgehead atoms. The number of rotatable bonds is 6. The molecule has 156 valence electrons. The van der Waals surface area contributed by atoms with Gasteiger partial charge in [0.05, 0.1) is 11.1 Å². The third-order valence-corrected chi connectivity index (χ3v) is 6.44. The average Bonchev–Trinajstić information content (AvgIpc) is 3.17. The molecule has 9 heteroatoms. The van der Waals surface area contributed by atoms with Crippen molar-refractivity contribution < 1.29 is 13.2 Å². The summed E-state index contributed by atoms with van der Waals surface area (Å²) in [4.78, 5) is 15.6. The second-order valence-corrected chi connectivity index (χ2v) is 9.22. The van der Waals surface area contributed by atoms with E-state index in [1.807, 2.05) is 30.5 Å². The molecule has 0 spiro atoms. The van der Waals surface area contributed by atoms with Gasteiger partial charge in [-0.05, 0) is 54.6 Å². The number of H-pyrrole nitrogens is 1. The Morgan fingerprint density at radius 2 is 1.68 bits per heavy atom. The van der Waals surface area contributed by atoms with Gasteiger partial charge in [-0.25, -0.2) is 13.8 Å². The fourth-order valence-electron chi connectivity index (χ4n) is 2.94. The zero-order chi connectivity index (χ0) is 21.8. The molecule has 0 fully saturated rings. The lowest BCUT2D eigenvalue weighted by Crippen LogP contribution is -2.18. The van der Waals surface area contributed by atoms with Crippen molar-refractivity contribution in [2.24, 2.45) is 5.10 Å². The van der Waals surface area contributed by atoms with E-state index < -0.39 is 15.9 Å². The van der Waals surface area contributed by atoms with Crippen LogP contribution in [0.15, 0.2) is 93.5 Å². The van der Waals surface area contributed by atoms with Crippen molar-refractivity contribution in [3.63, 3.8) is 0 Å². The van der Waals surface area contributed by atoms with Crippen molar-refractivity contribution in [3.8, 4) is 0 Å². The highest BCUT2D eigenvalue weighted by atomic mass is 79.9. The van der Waals surface area contributed by atoms with Crippen LogP contribution in [0.3, 0.4) is 0 Å². The lowest BCUT2D eigenvalue weighted by molar-refractivity contribution is 0.0955. The molecule has 1 heterocycles. The Bertz CT molecular complexity index is 1360. The predicted molar refractivity (Wildman–Crippen MR) is 125 cm³/mol. The standard InChI is InChI=1S/C22H17BrN4O3S/c23-17-7-11-19(12-8-17)31(29,30)27-18-9-5-15(6-10-18)22(28)26-25-14-16-13-24-21-4-2-1-3-20(16)21/h1-14,24,27H,(H,26,28)/b25-14-. The Morgan fingerprint density at radius 1 is 0.968 bits per heavy atom. The van der Waals surface area contributed by atoms with Crippen LogP contribution in [0.1, 0.15) is 15.9 Å². The SMILES string of the molecule is O=C(N/N=C\c1c[nH]c2ccccc12)c1ccc(NS(=O)(=O)c2ccc(Br)cc2)cc1. The van der Waals surface area contributed by atoms with E-state index in [4.69, 9.17) is 0 Å². The number of nitrogens with one attached hydrogen (secondary N) is 3. The van der Waals surface area contributed by atoms with Gasteiger partial charge in [-0.15, -0.1) is 0 Å². The third kappa shape index (κ3) is 4.84. The molecule has 7 nitrogen and oxygen atoms in total. The summed E-state index contributed by atoms with van der Waals surface area (Å²) in [7, 11) is -3.72. The summed E-state index contributed by atoms with van der Waals surface area (Å²) in [5.74, 6) is -0.404. The molecule has 1 aromatic heterocycles. The Kier molecular flexibility index (Phi) is 5.88. The molecule has 1 amide bonds. The third-order valence-electron chi connectivity index (χ3n) is 4.51. The van der Waals surface area contributed by atoms with Gasteiger partial charge in [-0.1, -0.05) is 34.1 Å². The topological polar surface area (TPSA) is 103 Å². The quantitative estimate of drug-likeness (QED) is 0.270. The molecule has 0 saturated carbocycles. The smallest absolute Gasteiger partial charge is 0.271 e. The van der Waals surface area contributed by atoms with Gasteiger partial charge in [-0.3, -0.25) is 9.52 Å². The number of sulfonamides is 1. The number of halogens is 1. The van der Waals surface area contributed by atoms with Gasteiger partial charge in [0, 0.05) is 38.4 Å². The molecular weight excluding hydrogens is 480 g/mol. The van der Waals surface area contributed by atoms with E-state index in [0.29, 0.717) is 11.3 Å². The molecule has 0 saturated heterocycles. The number of carbonyl (C=O) groups excluding carboxylic acids is 1. The van der Waals surface area contributed by atoms with E-state index in [1.165, 1.54) is 36.4 Å². The van der Waals surface area contributed by atoms with Crippen molar-refractivity contribution in [2.75, 3.05) is 4.72 Å². The maximum Gasteiger partial charge on any atom is 0.271 e. The Balaban J connectivity index is 1.40. The number of hydrazone groups is 1. The van der Waals surface area contributed by atoms with Gasteiger partial charge >= 0.3 is 0 Å². The number of carbonyl (C=O) groups is 1. The van der Waals surface area contributed by atoms with E-state index in [-0.39, 0.29) is 4.90 Å². The second kappa shape index (κ2) is 8.75. The second-order valence-electron chi connectivity index (χ2n) is 6.63. The van der Waals surface area contributed by atoms with Crippen molar-refractivity contribution in [2.45, 2.75) is 4.90 Å². The number of benzene rings is 3. The van der Waals surface area contributed by atoms with Gasteiger partial charge in [0.1, 0.15) is 0 Å². The molecule has 4 rings (SSSR count). The lowest BCUT2D eigenvalue weighted by atomic mass is 10.2. The van der Waals surface area contributed by atoms with Gasteiger partial charge in [0.2, 0.25) is 0 Å². The first kappa shape index (κ1) is 20.8. The molecule has 0 unspecified atom stereocenters. The van der Waals surface area contributed by atoms with Gasteiger partial charge in [-0.2, -0.15) is 5.10 Å². The minimum Gasteiger partial charge on any atom is -0.361 e. The fraction of sp³-hybridized carbons (Fsp3) is 0. The number of anilines is 1. The predicted octanol–water partition coefficient (Wildman–Crippen LogP) is 4.50. The number of aromatic nitrogens is 1.